The summed E-state index contributed by atoms with van der Waals surface area (Å²) in [5.74, 6) is -0.0818. The highest BCUT2D eigenvalue weighted by Gasteiger charge is 2.17. The van der Waals surface area contributed by atoms with Crippen molar-refractivity contribution < 1.29 is 14.6 Å². The molecule has 0 spiro atoms. The molecule has 2 atom stereocenters. The van der Waals surface area contributed by atoms with Crippen LogP contribution in [0.25, 0.3) is 0 Å². The van der Waals surface area contributed by atoms with E-state index in [2.05, 4.69) is 9.97 Å². The number of methoxy groups -OCH3 is 1. The molecule has 0 amide bonds. The molecule has 0 radical (unpaired) electrons. The molecule has 1 aromatic heterocycles. The van der Waals surface area contributed by atoms with Crippen molar-refractivity contribution in [3.8, 4) is 0 Å². The van der Waals surface area contributed by atoms with Gasteiger partial charge in [-0.1, -0.05) is 6.92 Å². The lowest BCUT2D eigenvalue weighted by Crippen LogP contribution is -2.34. The number of hydrogen-bond donors (Lipinski definition) is 2. The number of aromatic nitrogens is 3. The number of anilines is 1. The number of rotatable bonds is 7. The molecule has 0 saturated heterocycles. The zero-order valence-corrected chi connectivity index (χ0v) is 10.4. The van der Waals surface area contributed by atoms with Crippen molar-refractivity contribution in [2.24, 2.45) is 0 Å². The molecule has 8 heteroatoms. The van der Waals surface area contributed by atoms with Gasteiger partial charge in [-0.15, -0.1) is 0 Å². The molecule has 0 fully saturated rings. The maximum absolute atomic E-state index is 11.6. The first-order valence-electron chi connectivity index (χ1n) is 5.58. The smallest absolute Gasteiger partial charge is 0.354 e. The zero-order chi connectivity index (χ0) is 13.5. The molecule has 1 rings (SSSR count). The lowest BCUT2D eigenvalue weighted by molar-refractivity contribution is -0.103. The first-order valence-corrected chi connectivity index (χ1v) is 5.58. The van der Waals surface area contributed by atoms with Gasteiger partial charge in [0.2, 0.25) is 5.95 Å². The monoisotopic (exact) mass is 258 g/mol. The normalized spacial score (nSPS) is 14.4. The number of nitrogens with two attached hydrogens (primary N) is 1. The van der Waals surface area contributed by atoms with Crippen molar-refractivity contribution in [1.82, 2.24) is 14.5 Å². The van der Waals surface area contributed by atoms with Gasteiger partial charge in [0.25, 0.3) is 0 Å². The van der Waals surface area contributed by atoms with E-state index < -0.39 is 18.0 Å². The molecule has 0 aliphatic heterocycles. The van der Waals surface area contributed by atoms with Crippen molar-refractivity contribution in [3.05, 3.63) is 16.8 Å². The fourth-order valence-corrected chi connectivity index (χ4v) is 1.45. The van der Waals surface area contributed by atoms with Crippen molar-refractivity contribution in [1.29, 1.82) is 0 Å². The SMILES string of the molecule is CC[C@@H](OC(CO)COC)n1cnc(N)nc1=O. The van der Waals surface area contributed by atoms with Crippen LogP contribution in [0.15, 0.2) is 11.1 Å². The van der Waals surface area contributed by atoms with E-state index in [4.69, 9.17) is 20.3 Å². The van der Waals surface area contributed by atoms with Gasteiger partial charge in [-0.2, -0.15) is 4.98 Å². The summed E-state index contributed by atoms with van der Waals surface area (Å²) in [6.07, 6.45) is 0.725. The maximum Gasteiger partial charge on any atom is 0.354 e. The number of aliphatic hydroxyl groups is 1. The van der Waals surface area contributed by atoms with Crippen LogP contribution in [-0.4, -0.2) is 46.1 Å². The predicted octanol–water partition coefficient (Wildman–Crippen LogP) is -0.847. The fourth-order valence-electron chi connectivity index (χ4n) is 1.45. The fraction of sp³-hybridized carbons (Fsp3) is 0.700. The Kier molecular flexibility index (Phi) is 5.69. The molecule has 1 unspecified atom stereocenters. The van der Waals surface area contributed by atoms with E-state index in [0.717, 1.165) is 0 Å². The van der Waals surface area contributed by atoms with Gasteiger partial charge in [-0.05, 0) is 6.42 Å². The molecular formula is C10H18N4O4. The van der Waals surface area contributed by atoms with Crippen molar-refractivity contribution in [3.63, 3.8) is 0 Å². The van der Waals surface area contributed by atoms with Crippen molar-refractivity contribution in [2.45, 2.75) is 25.7 Å². The second-order valence-electron chi connectivity index (χ2n) is 3.66. The number of aliphatic hydroxyl groups excluding tert-OH is 1. The van der Waals surface area contributed by atoms with Gasteiger partial charge in [0.15, 0.2) is 0 Å². The van der Waals surface area contributed by atoms with Crippen molar-refractivity contribution >= 4 is 5.95 Å². The van der Waals surface area contributed by atoms with Gasteiger partial charge in [-0.25, -0.2) is 9.78 Å². The van der Waals surface area contributed by atoms with Crippen LogP contribution in [-0.2, 0) is 9.47 Å². The van der Waals surface area contributed by atoms with Crippen LogP contribution in [0.3, 0.4) is 0 Å². The van der Waals surface area contributed by atoms with E-state index in [1.807, 2.05) is 6.92 Å². The van der Waals surface area contributed by atoms with Gasteiger partial charge < -0.3 is 20.3 Å². The first-order chi connectivity index (χ1) is 8.62. The molecule has 0 saturated carbocycles. The Morgan fingerprint density at radius 2 is 2.33 bits per heavy atom. The lowest BCUT2D eigenvalue weighted by atomic mass is 10.3. The molecule has 18 heavy (non-hydrogen) atoms. The van der Waals surface area contributed by atoms with Crippen LogP contribution in [0.5, 0.6) is 0 Å². The van der Waals surface area contributed by atoms with E-state index in [1.54, 1.807) is 0 Å². The lowest BCUT2D eigenvalue weighted by Gasteiger charge is -2.23. The van der Waals surface area contributed by atoms with Crippen LogP contribution in [0, 0.1) is 0 Å². The third-order valence-electron chi connectivity index (χ3n) is 2.31. The summed E-state index contributed by atoms with van der Waals surface area (Å²) in [4.78, 5) is 18.9. The Balaban J connectivity index is 2.85. The molecule has 8 nitrogen and oxygen atoms in total. The minimum absolute atomic E-state index is 0.0818. The Labute approximate surface area is 104 Å². The van der Waals surface area contributed by atoms with E-state index in [-0.39, 0.29) is 19.2 Å². The number of nitrogens with zero attached hydrogens (tertiary/aromatic N) is 3. The molecule has 1 aromatic rings. The molecule has 3 N–H and O–H groups in total. The highest BCUT2D eigenvalue weighted by atomic mass is 16.5. The molecule has 102 valence electrons. The van der Waals surface area contributed by atoms with Crippen molar-refractivity contribution in [2.75, 3.05) is 26.1 Å². The Bertz CT molecular complexity index is 423. The van der Waals surface area contributed by atoms with E-state index >= 15 is 0 Å². The Hall–Kier alpha value is -1.51. The van der Waals surface area contributed by atoms with Crippen LogP contribution in [0.2, 0.25) is 0 Å². The summed E-state index contributed by atoms with van der Waals surface area (Å²) < 4.78 is 11.7. The van der Waals surface area contributed by atoms with Crippen LogP contribution >= 0.6 is 0 Å². The minimum atomic E-state index is -0.564. The minimum Gasteiger partial charge on any atom is -0.394 e. The Morgan fingerprint density at radius 3 is 2.83 bits per heavy atom. The summed E-state index contributed by atoms with van der Waals surface area (Å²) in [5.41, 5.74) is 4.77. The highest BCUT2D eigenvalue weighted by Crippen LogP contribution is 2.13. The average molecular weight is 258 g/mol. The largest absolute Gasteiger partial charge is 0.394 e. The first kappa shape index (κ1) is 14.6. The van der Waals surface area contributed by atoms with Crippen LogP contribution in [0.4, 0.5) is 5.95 Å². The third kappa shape index (κ3) is 3.76. The zero-order valence-electron chi connectivity index (χ0n) is 10.4. The van der Waals surface area contributed by atoms with E-state index in [0.29, 0.717) is 6.42 Å². The summed E-state index contributed by atoms with van der Waals surface area (Å²) >= 11 is 0. The van der Waals surface area contributed by atoms with E-state index in [1.165, 1.54) is 18.0 Å². The van der Waals surface area contributed by atoms with Gasteiger partial charge in [0.05, 0.1) is 13.2 Å². The third-order valence-corrected chi connectivity index (χ3v) is 2.31. The molecule has 0 aliphatic rings. The molecule has 0 aliphatic carbocycles. The van der Waals surface area contributed by atoms with E-state index in [9.17, 15) is 4.79 Å². The highest BCUT2D eigenvalue weighted by molar-refractivity contribution is 5.09. The van der Waals surface area contributed by atoms with Crippen LogP contribution < -0.4 is 11.4 Å². The van der Waals surface area contributed by atoms with Gasteiger partial charge in [-0.3, -0.25) is 4.57 Å². The second-order valence-corrected chi connectivity index (χ2v) is 3.66. The molecule has 1 heterocycles. The summed E-state index contributed by atoms with van der Waals surface area (Å²) in [5, 5.41) is 9.12. The van der Waals surface area contributed by atoms with Gasteiger partial charge in [0.1, 0.15) is 18.7 Å². The topological polar surface area (TPSA) is 112 Å². The van der Waals surface area contributed by atoms with Crippen LogP contribution in [0.1, 0.15) is 19.6 Å². The number of ether oxygens (including phenoxy) is 2. The quantitative estimate of drug-likeness (QED) is 0.655. The summed E-state index contributed by atoms with van der Waals surface area (Å²) in [7, 11) is 1.51. The summed E-state index contributed by atoms with van der Waals surface area (Å²) in [6, 6.07) is 0. The molecule has 0 aromatic carbocycles. The number of nitrogen functional groups attached to an aromatic ring is 1. The molecular weight excluding hydrogens is 240 g/mol. The standard InChI is InChI=1S/C10H18N4O4/c1-3-8(18-7(4-15)5-17-2)14-6-12-9(11)13-10(14)16/h6-8,15H,3-5H2,1-2H3,(H2,11,13,16)/t7?,8-/m1/s1. The number of hydrogen-bond acceptors (Lipinski definition) is 7. The maximum atomic E-state index is 11.6. The second kappa shape index (κ2) is 7.04. The van der Waals surface area contributed by atoms with Gasteiger partial charge >= 0.3 is 5.69 Å². The Morgan fingerprint density at radius 1 is 1.61 bits per heavy atom. The summed E-state index contributed by atoms with van der Waals surface area (Å²) in [6.45, 7) is 1.88. The molecule has 0 bridgehead atoms. The van der Waals surface area contributed by atoms with Gasteiger partial charge in [0, 0.05) is 7.11 Å². The predicted molar refractivity (Wildman–Crippen MR) is 63.9 cm³/mol. The average Bonchev–Trinajstić information content (AvgIpc) is 2.35.